The van der Waals surface area contributed by atoms with Crippen molar-refractivity contribution in [3.05, 3.63) is 35.8 Å². The molecule has 0 spiro atoms. The van der Waals surface area contributed by atoms with Gasteiger partial charge in [0, 0.05) is 5.39 Å². The molecule has 1 unspecified atom stereocenters. The lowest BCUT2D eigenvalue weighted by molar-refractivity contribution is 0.117. The molecule has 0 radical (unpaired) electrons. The molecule has 1 aliphatic rings. The first kappa shape index (κ1) is 13.6. The molecule has 1 saturated carbocycles. The smallest absolute Gasteiger partial charge is 0.170 e. The van der Waals surface area contributed by atoms with Gasteiger partial charge in [-0.2, -0.15) is 0 Å². The predicted octanol–water partition coefficient (Wildman–Crippen LogP) is 4.97. The van der Waals surface area contributed by atoms with E-state index in [-0.39, 0.29) is 11.4 Å². The van der Waals surface area contributed by atoms with Crippen LogP contribution in [-0.2, 0) is 0 Å². The van der Waals surface area contributed by atoms with Crippen LogP contribution in [0.2, 0.25) is 0 Å². The van der Waals surface area contributed by atoms with Gasteiger partial charge in [-0.25, -0.2) is 4.39 Å². The molecule has 3 heteroatoms. The van der Waals surface area contributed by atoms with Crippen molar-refractivity contribution < 1.29 is 13.9 Å². The fourth-order valence-electron chi connectivity index (χ4n) is 3.24. The van der Waals surface area contributed by atoms with Gasteiger partial charge in [0.05, 0.1) is 0 Å². The molecule has 1 atom stereocenters. The van der Waals surface area contributed by atoms with E-state index in [1.807, 2.05) is 6.07 Å². The number of aliphatic hydroxyl groups is 1. The van der Waals surface area contributed by atoms with Crippen LogP contribution in [0.5, 0.6) is 0 Å². The summed E-state index contributed by atoms with van der Waals surface area (Å²) >= 11 is 0. The maximum absolute atomic E-state index is 13.6. The molecular formula is C17H21FO2. The van der Waals surface area contributed by atoms with Gasteiger partial charge in [-0.05, 0) is 24.5 Å². The molecule has 0 aliphatic heterocycles. The Balaban J connectivity index is 1.74. The van der Waals surface area contributed by atoms with E-state index < -0.39 is 6.10 Å². The van der Waals surface area contributed by atoms with E-state index in [1.54, 1.807) is 12.1 Å². The quantitative estimate of drug-likeness (QED) is 0.803. The van der Waals surface area contributed by atoms with E-state index in [9.17, 15) is 9.50 Å². The second-order valence-corrected chi connectivity index (χ2v) is 5.92. The van der Waals surface area contributed by atoms with Crippen molar-refractivity contribution in [3.8, 4) is 0 Å². The molecule has 0 bridgehead atoms. The zero-order valence-corrected chi connectivity index (χ0v) is 11.6. The number of hydrogen-bond donors (Lipinski definition) is 1. The molecule has 20 heavy (non-hydrogen) atoms. The molecule has 0 saturated heterocycles. The summed E-state index contributed by atoms with van der Waals surface area (Å²) in [7, 11) is 0. The van der Waals surface area contributed by atoms with Crippen molar-refractivity contribution in [3.63, 3.8) is 0 Å². The van der Waals surface area contributed by atoms with Crippen molar-refractivity contribution in [1.29, 1.82) is 0 Å². The fraction of sp³-hybridized carbons (Fsp3) is 0.529. The van der Waals surface area contributed by atoms with Crippen molar-refractivity contribution in [2.75, 3.05) is 0 Å². The van der Waals surface area contributed by atoms with Gasteiger partial charge in [0.25, 0.3) is 0 Å². The second-order valence-electron chi connectivity index (χ2n) is 5.92. The van der Waals surface area contributed by atoms with Gasteiger partial charge in [0.15, 0.2) is 11.4 Å². The lowest BCUT2D eigenvalue weighted by atomic mass is 9.93. The molecule has 1 aliphatic carbocycles. The summed E-state index contributed by atoms with van der Waals surface area (Å²) in [6, 6.07) is 6.62. The predicted molar refractivity (Wildman–Crippen MR) is 76.9 cm³/mol. The summed E-state index contributed by atoms with van der Waals surface area (Å²) < 4.78 is 19.1. The molecule has 1 fully saturated rings. The number of aliphatic hydroxyl groups excluding tert-OH is 1. The highest BCUT2D eigenvalue weighted by Crippen LogP contribution is 2.33. The first-order valence-corrected chi connectivity index (χ1v) is 7.60. The van der Waals surface area contributed by atoms with E-state index in [0.717, 1.165) is 11.8 Å². The third-order valence-electron chi connectivity index (χ3n) is 4.37. The molecule has 3 rings (SSSR count). The van der Waals surface area contributed by atoms with Gasteiger partial charge in [0.1, 0.15) is 11.9 Å². The van der Waals surface area contributed by atoms with Crippen LogP contribution in [0.1, 0.15) is 56.8 Å². The zero-order chi connectivity index (χ0) is 13.9. The van der Waals surface area contributed by atoms with Crippen LogP contribution in [0.4, 0.5) is 4.39 Å². The van der Waals surface area contributed by atoms with Crippen molar-refractivity contribution in [2.24, 2.45) is 5.92 Å². The summed E-state index contributed by atoms with van der Waals surface area (Å²) in [4.78, 5) is 0. The lowest BCUT2D eigenvalue weighted by Gasteiger charge is -2.16. The first-order chi connectivity index (χ1) is 9.74. The maximum Gasteiger partial charge on any atom is 0.170 e. The largest absolute Gasteiger partial charge is 0.455 e. The minimum Gasteiger partial charge on any atom is -0.455 e. The standard InChI is InChI=1S/C17H21FO2/c18-14-9-5-8-13-11-16(20-17(13)14)15(19)10-12-6-3-1-2-4-7-12/h5,8-9,11-12,15,19H,1-4,6-7,10H2. The summed E-state index contributed by atoms with van der Waals surface area (Å²) in [6.45, 7) is 0. The number of para-hydroxylation sites is 1. The SMILES string of the molecule is OC(CC1CCCCCC1)c1cc2cccc(F)c2o1. The number of furan rings is 1. The number of hydrogen-bond acceptors (Lipinski definition) is 2. The molecule has 1 aromatic heterocycles. The third kappa shape index (κ3) is 2.88. The van der Waals surface area contributed by atoms with Gasteiger partial charge in [-0.15, -0.1) is 0 Å². The van der Waals surface area contributed by atoms with Gasteiger partial charge in [-0.1, -0.05) is 50.7 Å². The van der Waals surface area contributed by atoms with Crippen molar-refractivity contribution in [2.45, 2.75) is 51.0 Å². The van der Waals surface area contributed by atoms with Gasteiger partial charge in [0.2, 0.25) is 0 Å². The molecule has 108 valence electrons. The Labute approximate surface area is 118 Å². The van der Waals surface area contributed by atoms with Crippen LogP contribution in [0.25, 0.3) is 11.0 Å². The van der Waals surface area contributed by atoms with Crippen LogP contribution < -0.4 is 0 Å². The Morgan fingerprint density at radius 3 is 2.65 bits per heavy atom. The molecule has 2 nitrogen and oxygen atoms in total. The van der Waals surface area contributed by atoms with E-state index in [4.69, 9.17) is 4.42 Å². The minimum atomic E-state index is -0.620. The first-order valence-electron chi connectivity index (χ1n) is 7.60. The Morgan fingerprint density at radius 1 is 1.20 bits per heavy atom. The number of halogens is 1. The maximum atomic E-state index is 13.6. The summed E-state index contributed by atoms with van der Waals surface area (Å²) in [5, 5.41) is 11.1. The second kappa shape index (κ2) is 5.96. The highest BCUT2D eigenvalue weighted by atomic mass is 19.1. The molecule has 1 N–H and O–H groups in total. The van der Waals surface area contributed by atoms with Crippen LogP contribution in [0, 0.1) is 11.7 Å². The number of benzene rings is 1. The normalized spacial score (nSPS) is 19.1. The average molecular weight is 276 g/mol. The zero-order valence-electron chi connectivity index (χ0n) is 11.6. The summed E-state index contributed by atoms with van der Waals surface area (Å²) in [6.07, 6.45) is 7.60. The number of rotatable bonds is 3. The molecule has 1 heterocycles. The minimum absolute atomic E-state index is 0.252. The van der Waals surface area contributed by atoms with Crippen LogP contribution in [0.3, 0.4) is 0 Å². The van der Waals surface area contributed by atoms with E-state index in [0.29, 0.717) is 11.7 Å². The topological polar surface area (TPSA) is 33.4 Å². The summed E-state index contributed by atoms with van der Waals surface area (Å²) in [5.74, 6) is 0.690. The average Bonchev–Trinajstić information content (AvgIpc) is 2.72. The van der Waals surface area contributed by atoms with Gasteiger partial charge < -0.3 is 9.52 Å². The number of fused-ring (bicyclic) bond motifs is 1. The Morgan fingerprint density at radius 2 is 1.95 bits per heavy atom. The highest BCUT2D eigenvalue weighted by Gasteiger charge is 2.21. The fourth-order valence-corrected chi connectivity index (χ4v) is 3.24. The molecule has 0 amide bonds. The van der Waals surface area contributed by atoms with Crippen molar-refractivity contribution >= 4 is 11.0 Å². The van der Waals surface area contributed by atoms with E-state index >= 15 is 0 Å². The van der Waals surface area contributed by atoms with Crippen LogP contribution >= 0.6 is 0 Å². The Kier molecular flexibility index (Phi) is 4.06. The molecular weight excluding hydrogens is 255 g/mol. The van der Waals surface area contributed by atoms with Gasteiger partial charge >= 0.3 is 0 Å². The van der Waals surface area contributed by atoms with Crippen LogP contribution in [0.15, 0.2) is 28.7 Å². The van der Waals surface area contributed by atoms with Crippen LogP contribution in [-0.4, -0.2) is 5.11 Å². The summed E-state index contributed by atoms with van der Waals surface area (Å²) in [5.41, 5.74) is 0.252. The van der Waals surface area contributed by atoms with E-state index in [2.05, 4.69) is 0 Å². The monoisotopic (exact) mass is 276 g/mol. The third-order valence-corrected chi connectivity index (χ3v) is 4.37. The van der Waals surface area contributed by atoms with Gasteiger partial charge in [-0.3, -0.25) is 0 Å². The highest BCUT2D eigenvalue weighted by molar-refractivity contribution is 5.78. The lowest BCUT2D eigenvalue weighted by Crippen LogP contribution is -2.06. The molecule has 1 aromatic carbocycles. The molecule has 2 aromatic rings. The Bertz CT molecular complexity index is 567. The Hall–Kier alpha value is -1.35. The van der Waals surface area contributed by atoms with E-state index in [1.165, 1.54) is 44.6 Å². The van der Waals surface area contributed by atoms with Crippen molar-refractivity contribution in [1.82, 2.24) is 0 Å².